The molecule has 1 aromatic heterocycles. The Hall–Kier alpha value is -1.88. The van der Waals surface area contributed by atoms with Crippen molar-refractivity contribution in [3.8, 4) is 11.5 Å². The second-order valence-corrected chi connectivity index (χ2v) is 5.94. The van der Waals surface area contributed by atoms with Crippen molar-refractivity contribution >= 4 is 17.5 Å². The van der Waals surface area contributed by atoms with Crippen LogP contribution in [0.2, 0.25) is 5.02 Å². The third-order valence-electron chi connectivity index (χ3n) is 3.86. The van der Waals surface area contributed by atoms with Crippen LogP contribution in [0.3, 0.4) is 0 Å². The van der Waals surface area contributed by atoms with E-state index in [2.05, 4.69) is 15.5 Å². The van der Waals surface area contributed by atoms with Crippen molar-refractivity contribution in [2.24, 2.45) is 0 Å². The van der Waals surface area contributed by atoms with Gasteiger partial charge >= 0.3 is 0 Å². The highest BCUT2D eigenvalue weighted by Gasteiger charge is 2.18. The van der Waals surface area contributed by atoms with E-state index in [9.17, 15) is 4.79 Å². The van der Waals surface area contributed by atoms with Gasteiger partial charge in [0.25, 0.3) is 0 Å². The van der Waals surface area contributed by atoms with E-state index in [1.165, 1.54) is 12.8 Å². The lowest BCUT2D eigenvalue weighted by molar-refractivity contribution is -0.121. The smallest absolute Gasteiger partial charge is 0.249 e. The summed E-state index contributed by atoms with van der Waals surface area (Å²) in [6, 6.07) is 7.65. The van der Waals surface area contributed by atoms with Crippen molar-refractivity contribution in [2.45, 2.75) is 44.6 Å². The molecule has 0 saturated heterocycles. The van der Waals surface area contributed by atoms with Crippen molar-refractivity contribution in [3.05, 3.63) is 35.2 Å². The first-order valence-electron chi connectivity index (χ1n) is 7.59. The maximum atomic E-state index is 11.9. The van der Waals surface area contributed by atoms with Crippen LogP contribution in [0.15, 0.2) is 28.7 Å². The number of hydrogen-bond donors (Lipinski definition) is 1. The lowest BCUT2D eigenvalue weighted by atomic mass is 10.2. The Balaban J connectivity index is 1.55. The molecule has 1 aromatic carbocycles. The van der Waals surface area contributed by atoms with Gasteiger partial charge in [0.1, 0.15) is 0 Å². The van der Waals surface area contributed by atoms with E-state index in [1.807, 2.05) is 18.2 Å². The fourth-order valence-electron chi connectivity index (χ4n) is 2.69. The zero-order valence-corrected chi connectivity index (χ0v) is 13.0. The van der Waals surface area contributed by atoms with E-state index in [-0.39, 0.29) is 5.91 Å². The van der Waals surface area contributed by atoms with Crippen LogP contribution in [0.5, 0.6) is 0 Å². The van der Waals surface area contributed by atoms with Gasteiger partial charge in [0.15, 0.2) is 0 Å². The molecule has 1 N–H and O–H groups in total. The quantitative estimate of drug-likeness (QED) is 0.917. The number of carbonyl (C=O) groups is 1. The van der Waals surface area contributed by atoms with Crippen LogP contribution < -0.4 is 5.32 Å². The summed E-state index contributed by atoms with van der Waals surface area (Å²) in [5.41, 5.74) is 0.707. The summed E-state index contributed by atoms with van der Waals surface area (Å²) in [6.45, 7) is 0. The number of aromatic nitrogens is 2. The first kappa shape index (κ1) is 15.0. The summed E-state index contributed by atoms with van der Waals surface area (Å²) in [7, 11) is 0. The lowest BCUT2D eigenvalue weighted by Crippen LogP contribution is -2.32. The number of hydrogen-bond acceptors (Lipinski definition) is 4. The zero-order chi connectivity index (χ0) is 15.4. The molecule has 3 rings (SSSR count). The molecule has 1 fully saturated rings. The molecule has 1 aliphatic rings. The molecule has 2 aromatic rings. The second kappa shape index (κ2) is 6.92. The molecule has 0 spiro atoms. The summed E-state index contributed by atoms with van der Waals surface area (Å²) < 4.78 is 5.58. The number of halogens is 1. The van der Waals surface area contributed by atoms with E-state index in [0.717, 1.165) is 12.8 Å². The van der Waals surface area contributed by atoms with Crippen LogP contribution in [0.4, 0.5) is 0 Å². The first-order valence-corrected chi connectivity index (χ1v) is 7.97. The molecule has 0 aliphatic heterocycles. The van der Waals surface area contributed by atoms with Crippen LogP contribution >= 0.6 is 11.6 Å². The molecule has 1 heterocycles. The molecule has 116 valence electrons. The van der Waals surface area contributed by atoms with Gasteiger partial charge in [0, 0.05) is 18.9 Å². The van der Waals surface area contributed by atoms with Gasteiger partial charge in [-0.2, -0.15) is 0 Å². The number of amides is 1. The van der Waals surface area contributed by atoms with Gasteiger partial charge in [-0.05, 0) is 25.0 Å². The van der Waals surface area contributed by atoms with Gasteiger partial charge in [-0.25, -0.2) is 0 Å². The molecule has 0 unspecified atom stereocenters. The van der Waals surface area contributed by atoms with Gasteiger partial charge < -0.3 is 9.73 Å². The van der Waals surface area contributed by atoms with E-state index in [0.29, 0.717) is 41.3 Å². The van der Waals surface area contributed by atoms with Crippen LogP contribution in [-0.4, -0.2) is 22.1 Å². The van der Waals surface area contributed by atoms with Gasteiger partial charge in [-0.15, -0.1) is 10.2 Å². The molecule has 5 nitrogen and oxygen atoms in total. The average molecular weight is 320 g/mol. The Morgan fingerprint density at radius 3 is 2.82 bits per heavy atom. The molecule has 0 radical (unpaired) electrons. The van der Waals surface area contributed by atoms with Crippen molar-refractivity contribution < 1.29 is 9.21 Å². The highest BCUT2D eigenvalue weighted by Crippen LogP contribution is 2.26. The van der Waals surface area contributed by atoms with Gasteiger partial charge in [-0.3, -0.25) is 4.79 Å². The molecular weight excluding hydrogens is 302 g/mol. The predicted molar refractivity (Wildman–Crippen MR) is 83.5 cm³/mol. The first-order chi connectivity index (χ1) is 10.7. The Labute approximate surface area is 134 Å². The van der Waals surface area contributed by atoms with Gasteiger partial charge in [-0.1, -0.05) is 36.6 Å². The standard InChI is InChI=1S/C16H18ClN3O2/c17-13-8-4-3-7-12(13)16-20-19-15(22-16)10-9-14(21)18-11-5-1-2-6-11/h3-4,7-8,11H,1-2,5-6,9-10H2,(H,18,21). The minimum absolute atomic E-state index is 0.0457. The Morgan fingerprint density at radius 2 is 2.05 bits per heavy atom. The minimum atomic E-state index is 0.0457. The summed E-state index contributed by atoms with van der Waals surface area (Å²) >= 11 is 6.10. The number of nitrogens with zero attached hydrogens (tertiary/aromatic N) is 2. The number of nitrogens with one attached hydrogen (secondary N) is 1. The molecule has 6 heteroatoms. The highest BCUT2D eigenvalue weighted by molar-refractivity contribution is 6.33. The van der Waals surface area contributed by atoms with E-state index < -0.39 is 0 Å². The summed E-state index contributed by atoms with van der Waals surface area (Å²) in [5, 5.41) is 11.6. The average Bonchev–Trinajstić information content (AvgIpc) is 3.17. The van der Waals surface area contributed by atoms with Gasteiger partial charge in [0.05, 0.1) is 10.6 Å². The maximum Gasteiger partial charge on any atom is 0.249 e. The molecule has 1 aliphatic carbocycles. The van der Waals surface area contributed by atoms with Crippen LogP contribution in [-0.2, 0) is 11.2 Å². The second-order valence-electron chi connectivity index (χ2n) is 5.53. The minimum Gasteiger partial charge on any atom is -0.421 e. The number of benzene rings is 1. The molecular formula is C16H18ClN3O2. The summed E-state index contributed by atoms with van der Waals surface area (Å²) in [4.78, 5) is 11.9. The lowest BCUT2D eigenvalue weighted by Gasteiger charge is -2.10. The van der Waals surface area contributed by atoms with Crippen molar-refractivity contribution in [1.29, 1.82) is 0 Å². The monoisotopic (exact) mass is 319 g/mol. The zero-order valence-electron chi connectivity index (χ0n) is 12.2. The number of aryl methyl sites for hydroxylation is 1. The maximum absolute atomic E-state index is 11.9. The Bertz CT molecular complexity index is 650. The fourth-order valence-corrected chi connectivity index (χ4v) is 2.91. The van der Waals surface area contributed by atoms with Crippen molar-refractivity contribution in [3.63, 3.8) is 0 Å². The molecule has 0 atom stereocenters. The third-order valence-corrected chi connectivity index (χ3v) is 4.19. The Kier molecular flexibility index (Phi) is 4.73. The highest BCUT2D eigenvalue weighted by atomic mass is 35.5. The molecule has 1 amide bonds. The summed E-state index contributed by atoms with van der Waals surface area (Å²) in [5.74, 6) is 0.887. The molecule has 0 bridgehead atoms. The van der Waals surface area contributed by atoms with E-state index in [1.54, 1.807) is 6.07 Å². The Morgan fingerprint density at radius 1 is 1.27 bits per heavy atom. The van der Waals surface area contributed by atoms with Crippen LogP contribution in [0, 0.1) is 0 Å². The number of rotatable bonds is 5. The summed E-state index contributed by atoms with van der Waals surface area (Å²) in [6.07, 6.45) is 5.38. The van der Waals surface area contributed by atoms with Gasteiger partial charge in [0.2, 0.25) is 17.7 Å². The van der Waals surface area contributed by atoms with Crippen LogP contribution in [0.1, 0.15) is 38.0 Å². The normalized spacial score (nSPS) is 15.1. The molecule has 22 heavy (non-hydrogen) atoms. The SMILES string of the molecule is O=C(CCc1nnc(-c2ccccc2Cl)o1)NC1CCCC1. The third kappa shape index (κ3) is 3.65. The van der Waals surface area contributed by atoms with Crippen LogP contribution in [0.25, 0.3) is 11.5 Å². The molecule has 1 saturated carbocycles. The largest absolute Gasteiger partial charge is 0.421 e. The van der Waals surface area contributed by atoms with E-state index >= 15 is 0 Å². The van der Waals surface area contributed by atoms with Crippen molar-refractivity contribution in [1.82, 2.24) is 15.5 Å². The van der Waals surface area contributed by atoms with Crippen molar-refractivity contribution in [2.75, 3.05) is 0 Å². The van der Waals surface area contributed by atoms with E-state index in [4.69, 9.17) is 16.0 Å². The topological polar surface area (TPSA) is 68.0 Å². The number of carbonyl (C=O) groups excluding carboxylic acids is 1. The fraction of sp³-hybridized carbons (Fsp3) is 0.438. The predicted octanol–water partition coefficient (Wildman–Crippen LogP) is 3.38.